The van der Waals surface area contributed by atoms with Gasteiger partial charge in [0.1, 0.15) is 6.17 Å². The second-order valence-electron chi connectivity index (χ2n) is 5.29. The van der Waals surface area contributed by atoms with Crippen molar-refractivity contribution in [3.63, 3.8) is 0 Å². The van der Waals surface area contributed by atoms with Gasteiger partial charge in [0.15, 0.2) is 0 Å². The van der Waals surface area contributed by atoms with Crippen LogP contribution in [-0.4, -0.2) is 35.4 Å². The third-order valence-electron chi connectivity index (χ3n) is 4.03. The van der Waals surface area contributed by atoms with Gasteiger partial charge in [-0.3, -0.25) is 15.0 Å². The maximum Gasteiger partial charge on any atom is 0.147 e. The minimum atomic E-state index is -0.0311. The number of pyridine rings is 2. The summed E-state index contributed by atoms with van der Waals surface area (Å²) in [7, 11) is 0. The molecule has 1 unspecified atom stereocenters. The second-order valence-corrected chi connectivity index (χ2v) is 5.29. The number of ether oxygens (including phenoxy) is 1. The summed E-state index contributed by atoms with van der Waals surface area (Å²) in [5, 5.41) is 0. The van der Waals surface area contributed by atoms with Gasteiger partial charge in [0.2, 0.25) is 0 Å². The summed E-state index contributed by atoms with van der Waals surface area (Å²) in [6.45, 7) is 1.55. The predicted molar refractivity (Wildman–Crippen MR) is 80.5 cm³/mol. The van der Waals surface area contributed by atoms with Crippen LogP contribution in [0.5, 0.6) is 0 Å². The first-order valence-electron chi connectivity index (χ1n) is 7.17. The molecule has 2 aromatic heterocycles. The fourth-order valence-corrected chi connectivity index (χ4v) is 3.00. The van der Waals surface area contributed by atoms with E-state index in [0.29, 0.717) is 6.04 Å². The molecule has 4 heterocycles. The molecule has 0 aliphatic carbocycles. The number of hydrogen-bond acceptors (Lipinski definition) is 5. The zero-order chi connectivity index (χ0) is 14.1. The number of rotatable bonds is 2. The number of fused-ring (bicyclic) bond motifs is 1. The van der Waals surface area contributed by atoms with E-state index >= 15 is 0 Å². The average Bonchev–Trinajstić information content (AvgIpc) is 3.08. The van der Waals surface area contributed by atoms with Crippen LogP contribution in [0.4, 0.5) is 5.69 Å². The molecule has 0 aromatic carbocycles. The van der Waals surface area contributed by atoms with Gasteiger partial charge in [-0.15, -0.1) is 0 Å². The Morgan fingerprint density at radius 2 is 1.95 bits per heavy atom. The van der Waals surface area contributed by atoms with Gasteiger partial charge in [0.25, 0.3) is 0 Å². The van der Waals surface area contributed by atoms with Crippen LogP contribution in [0.3, 0.4) is 0 Å². The number of aliphatic imine (C=N–C) groups is 1. The van der Waals surface area contributed by atoms with Crippen molar-refractivity contribution in [1.29, 1.82) is 0 Å². The van der Waals surface area contributed by atoms with Gasteiger partial charge in [-0.05, 0) is 30.2 Å². The van der Waals surface area contributed by atoms with E-state index in [9.17, 15) is 0 Å². The molecule has 106 valence electrons. The molecule has 4 rings (SSSR count). The summed E-state index contributed by atoms with van der Waals surface area (Å²) in [5.74, 6) is 0. The van der Waals surface area contributed by atoms with Crippen molar-refractivity contribution in [1.82, 2.24) is 9.97 Å². The van der Waals surface area contributed by atoms with Crippen molar-refractivity contribution < 1.29 is 4.74 Å². The number of anilines is 1. The molecule has 5 nitrogen and oxygen atoms in total. The summed E-state index contributed by atoms with van der Waals surface area (Å²) in [6, 6.07) is 6.38. The molecule has 1 fully saturated rings. The molecular formula is C16H16N4O. The van der Waals surface area contributed by atoms with Gasteiger partial charge in [-0.1, -0.05) is 0 Å². The van der Waals surface area contributed by atoms with Crippen LogP contribution in [0.15, 0.2) is 48.0 Å². The Morgan fingerprint density at radius 1 is 1.10 bits per heavy atom. The first kappa shape index (κ1) is 12.5. The minimum absolute atomic E-state index is 0.0311. The lowest BCUT2D eigenvalue weighted by molar-refractivity contribution is 0.192. The van der Waals surface area contributed by atoms with E-state index in [1.807, 2.05) is 43.0 Å². The summed E-state index contributed by atoms with van der Waals surface area (Å²) < 4.78 is 5.58. The van der Waals surface area contributed by atoms with E-state index < -0.39 is 0 Å². The van der Waals surface area contributed by atoms with Crippen LogP contribution in [0.25, 0.3) is 0 Å². The maximum atomic E-state index is 5.58. The zero-order valence-corrected chi connectivity index (χ0v) is 11.6. The van der Waals surface area contributed by atoms with E-state index in [1.54, 1.807) is 6.20 Å². The van der Waals surface area contributed by atoms with Gasteiger partial charge in [-0.25, -0.2) is 0 Å². The molecule has 2 atom stereocenters. The molecule has 0 amide bonds. The Morgan fingerprint density at radius 3 is 2.76 bits per heavy atom. The Balaban J connectivity index is 1.80. The summed E-state index contributed by atoms with van der Waals surface area (Å²) in [4.78, 5) is 15.5. The Kier molecular flexibility index (Phi) is 3.12. The van der Waals surface area contributed by atoms with Crippen LogP contribution < -0.4 is 4.90 Å². The van der Waals surface area contributed by atoms with Crippen molar-refractivity contribution in [3.05, 3.63) is 54.1 Å². The van der Waals surface area contributed by atoms with Crippen LogP contribution in [0.1, 0.15) is 23.7 Å². The highest BCUT2D eigenvalue weighted by molar-refractivity contribution is 5.90. The first-order valence-corrected chi connectivity index (χ1v) is 7.17. The lowest BCUT2D eigenvalue weighted by Crippen LogP contribution is -2.40. The molecule has 0 radical (unpaired) electrons. The van der Waals surface area contributed by atoms with E-state index in [2.05, 4.69) is 14.9 Å². The minimum Gasteiger partial charge on any atom is -0.379 e. The molecule has 0 spiro atoms. The summed E-state index contributed by atoms with van der Waals surface area (Å²) >= 11 is 0. The Hall–Kier alpha value is -2.27. The predicted octanol–water partition coefficient (Wildman–Crippen LogP) is 2.20. The van der Waals surface area contributed by atoms with Gasteiger partial charge in [0.05, 0.1) is 24.5 Å². The quantitative estimate of drug-likeness (QED) is 0.846. The monoisotopic (exact) mass is 280 g/mol. The summed E-state index contributed by atoms with van der Waals surface area (Å²) in [5.41, 5.74) is 3.38. The lowest BCUT2D eigenvalue weighted by atomic mass is 10.0. The maximum absolute atomic E-state index is 5.58. The van der Waals surface area contributed by atoms with E-state index in [-0.39, 0.29) is 6.17 Å². The van der Waals surface area contributed by atoms with Gasteiger partial charge >= 0.3 is 0 Å². The smallest absolute Gasteiger partial charge is 0.147 e. The molecule has 2 aromatic rings. The highest BCUT2D eigenvalue weighted by Gasteiger charge is 2.33. The third kappa shape index (κ3) is 2.19. The highest BCUT2D eigenvalue weighted by atomic mass is 16.5. The molecule has 2 aliphatic rings. The molecule has 21 heavy (non-hydrogen) atoms. The molecule has 0 bridgehead atoms. The van der Waals surface area contributed by atoms with E-state index in [1.165, 1.54) is 0 Å². The normalized spacial score (nSPS) is 24.1. The lowest BCUT2D eigenvalue weighted by Gasteiger charge is -2.38. The number of nitrogens with zero attached hydrogens (tertiary/aromatic N) is 4. The van der Waals surface area contributed by atoms with Gasteiger partial charge in [0, 0.05) is 37.0 Å². The van der Waals surface area contributed by atoms with Crippen LogP contribution in [0, 0.1) is 0 Å². The highest BCUT2D eigenvalue weighted by Crippen LogP contribution is 2.36. The summed E-state index contributed by atoms with van der Waals surface area (Å²) in [6.07, 6.45) is 10.3. The fraction of sp³-hybridized carbons (Fsp3) is 0.312. The topological polar surface area (TPSA) is 50.6 Å². The Labute approximate surface area is 123 Å². The fourth-order valence-electron chi connectivity index (χ4n) is 3.00. The molecule has 5 heteroatoms. The SMILES string of the molecule is C1=NC(c2ccncc2)N([C@@H]2CCOC2)c2cnccc21. The standard InChI is InChI=1S/C16H16N4O/c1-5-17-6-2-12(1)16-19-9-13-3-7-18-10-15(13)20(16)14-4-8-21-11-14/h1-3,5-7,9-10,14,16H,4,8,11H2/t14-,16?/m1/s1. The average molecular weight is 280 g/mol. The third-order valence-corrected chi connectivity index (χ3v) is 4.03. The first-order chi connectivity index (χ1) is 10.4. The van der Waals surface area contributed by atoms with Crippen LogP contribution in [-0.2, 0) is 4.74 Å². The van der Waals surface area contributed by atoms with Crippen molar-refractivity contribution in [2.45, 2.75) is 18.6 Å². The van der Waals surface area contributed by atoms with E-state index in [4.69, 9.17) is 9.73 Å². The second kappa shape index (κ2) is 5.26. The van der Waals surface area contributed by atoms with Crippen molar-refractivity contribution >= 4 is 11.9 Å². The molecule has 1 saturated heterocycles. The van der Waals surface area contributed by atoms with E-state index in [0.717, 1.165) is 36.4 Å². The van der Waals surface area contributed by atoms with Gasteiger partial charge < -0.3 is 9.64 Å². The zero-order valence-electron chi connectivity index (χ0n) is 11.6. The van der Waals surface area contributed by atoms with Crippen molar-refractivity contribution in [2.24, 2.45) is 4.99 Å². The van der Waals surface area contributed by atoms with Crippen LogP contribution in [0.2, 0.25) is 0 Å². The van der Waals surface area contributed by atoms with Crippen molar-refractivity contribution in [2.75, 3.05) is 18.1 Å². The Bertz CT molecular complexity index is 652. The van der Waals surface area contributed by atoms with Crippen LogP contribution >= 0.6 is 0 Å². The molecule has 2 aliphatic heterocycles. The molecular weight excluding hydrogens is 264 g/mol. The number of aromatic nitrogens is 2. The molecule has 0 N–H and O–H groups in total. The largest absolute Gasteiger partial charge is 0.379 e. The number of hydrogen-bond donors (Lipinski definition) is 0. The van der Waals surface area contributed by atoms with Crippen molar-refractivity contribution in [3.8, 4) is 0 Å². The van der Waals surface area contributed by atoms with Gasteiger partial charge in [-0.2, -0.15) is 0 Å². The molecule has 0 saturated carbocycles.